The van der Waals surface area contributed by atoms with Crippen LogP contribution in [0.15, 0.2) is 47.4 Å². The van der Waals surface area contributed by atoms with Gasteiger partial charge < -0.3 is 10.1 Å². The number of nitrogens with zero attached hydrogens (tertiary/aromatic N) is 1. The van der Waals surface area contributed by atoms with Crippen LogP contribution in [0.4, 0.5) is 10.1 Å². The van der Waals surface area contributed by atoms with Gasteiger partial charge >= 0.3 is 0 Å². The van der Waals surface area contributed by atoms with Crippen molar-refractivity contribution in [2.75, 3.05) is 25.0 Å². The summed E-state index contributed by atoms with van der Waals surface area (Å²) in [7, 11) is -3.68. The zero-order valence-electron chi connectivity index (χ0n) is 15.7. The van der Waals surface area contributed by atoms with Crippen LogP contribution in [0.5, 0.6) is 5.75 Å². The lowest BCUT2D eigenvalue weighted by Gasteiger charge is -2.17. The van der Waals surface area contributed by atoms with Gasteiger partial charge in [-0.2, -0.15) is 4.31 Å². The lowest BCUT2D eigenvalue weighted by molar-refractivity contribution is -0.116. The number of benzene rings is 2. The first-order valence-electron chi connectivity index (χ1n) is 9.34. The third-order valence-electron chi connectivity index (χ3n) is 4.51. The normalized spacial score (nSPS) is 14.7. The molecule has 0 bridgehead atoms. The van der Waals surface area contributed by atoms with Crippen molar-refractivity contribution < 1.29 is 22.3 Å². The molecule has 0 saturated carbocycles. The third-order valence-corrected chi connectivity index (χ3v) is 6.89. The fourth-order valence-corrected chi connectivity index (χ4v) is 5.07. The lowest BCUT2D eigenvalue weighted by Crippen LogP contribution is -2.28. The molecule has 1 aliphatic heterocycles. The standard InChI is InChI=1S/C20H22ClFN2O4S/c21-18-9-8-16(14-19(18)29(26,27)24-10-1-2-11-24)23-20(25)7-4-12-28-17-6-3-5-15(22)13-17/h3,5-6,8-9,13-14H,1-2,4,7,10-12H2,(H,23,25). The summed E-state index contributed by atoms with van der Waals surface area (Å²) < 4.78 is 45.4. The van der Waals surface area contributed by atoms with Gasteiger partial charge in [-0.15, -0.1) is 0 Å². The van der Waals surface area contributed by atoms with Crippen molar-refractivity contribution in [1.82, 2.24) is 4.31 Å². The summed E-state index contributed by atoms with van der Waals surface area (Å²) in [5.74, 6) is -0.262. The Morgan fingerprint density at radius 2 is 1.93 bits per heavy atom. The summed E-state index contributed by atoms with van der Waals surface area (Å²) in [5.41, 5.74) is 0.364. The molecule has 0 spiro atoms. The summed E-state index contributed by atoms with van der Waals surface area (Å²) >= 11 is 6.11. The Labute approximate surface area is 174 Å². The van der Waals surface area contributed by atoms with Crippen LogP contribution in [-0.2, 0) is 14.8 Å². The molecule has 2 aromatic carbocycles. The first-order chi connectivity index (χ1) is 13.9. The average Bonchev–Trinajstić information content (AvgIpc) is 3.22. The van der Waals surface area contributed by atoms with Crippen molar-refractivity contribution in [1.29, 1.82) is 0 Å². The van der Waals surface area contributed by atoms with Crippen LogP contribution in [-0.4, -0.2) is 38.3 Å². The van der Waals surface area contributed by atoms with Gasteiger partial charge in [0.2, 0.25) is 15.9 Å². The number of hydrogen-bond acceptors (Lipinski definition) is 4. The molecule has 156 valence electrons. The fraction of sp³-hybridized carbons (Fsp3) is 0.350. The van der Waals surface area contributed by atoms with Gasteiger partial charge in [0.15, 0.2) is 0 Å². The maximum Gasteiger partial charge on any atom is 0.244 e. The topological polar surface area (TPSA) is 75.7 Å². The zero-order chi connectivity index (χ0) is 20.9. The first kappa shape index (κ1) is 21.5. The van der Waals surface area contributed by atoms with E-state index in [1.54, 1.807) is 18.2 Å². The van der Waals surface area contributed by atoms with Crippen LogP contribution in [0.1, 0.15) is 25.7 Å². The van der Waals surface area contributed by atoms with Crippen LogP contribution in [0, 0.1) is 5.82 Å². The fourth-order valence-electron chi connectivity index (χ4n) is 3.05. The summed E-state index contributed by atoms with van der Waals surface area (Å²) in [5, 5.41) is 2.81. The molecular formula is C20H22ClFN2O4S. The van der Waals surface area contributed by atoms with Gasteiger partial charge in [0.05, 0.1) is 11.6 Å². The number of carbonyl (C=O) groups excluding carboxylic acids is 1. The molecule has 1 N–H and O–H groups in total. The predicted octanol–water partition coefficient (Wildman–Crippen LogP) is 4.06. The van der Waals surface area contributed by atoms with E-state index < -0.39 is 10.0 Å². The molecular weight excluding hydrogens is 419 g/mol. The highest BCUT2D eigenvalue weighted by Gasteiger charge is 2.29. The van der Waals surface area contributed by atoms with Crippen molar-refractivity contribution in [3.8, 4) is 5.75 Å². The van der Waals surface area contributed by atoms with Gasteiger partial charge in [-0.1, -0.05) is 17.7 Å². The van der Waals surface area contributed by atoms with Crippen molar-refractivity contribution in [2.45, 2.75) is 30.6 Å². The molecule has 1 fully saturated rings. The largest absolute Gasteiger partial charge is 0.493 e. The van der Waals surface area contributed by atoms with Gasteiger partial charge in [0, 0.05) is 31.3 Å². The number of nitrogens with one attached hydrogen (secondary N) is 1. The molecule has 0 aliphatic carbocycles. The number of ether oxygens (including phenoxy) is 1. The Kier molecular flexibility index (Phi) is 7.10. The van der Waals surface area contributed by atoms with E-state index in [4.69, 9.17) is 16.3 Å². The number of carbonyl (C=O) groups is 1. The number of sulfonamides is 1. The minimum Gasteiger partial charge on any atom is -0.493 e. The number of rotatable bonds is 8. The molecule has 1 heterocycles. The molecule has 9 heteroatoms. The number of amides is 1. The van der Waals surface area contributed by atoms with Gasteiger partial charge in [0.1, 0.15) is 16.5 Å². The van der Waals surface area contributed by atoms with Gasteiger partial charge in [-0.3, -0.25) is 4.79 Å². The Hall–Kier alpha value is -2.16. The molecule has 2 aromatic rings. The SMILES string of the molecule is O=C(CCCOc1cccc(F)c1)Nc1ccc(Cl)c(S(=O)(=O)N2CCCC2)c1. The maximum atomic E-state index is 13.1. The van der Waals surface area contributed by atoms with Crippen molar-refractivity contribution >= 4 is 33.2 Å². The Morgan fingerprint density at radius 3 is 2.66 bits per heavy atom. The Balaban J connectivity index is 1.55. The van der Waals surface area contributed by atoms with E-state index in [0.29, 0.717) is 30.9 Å². The van der Waals surface area contributed by atoms with E-state index in [-0.39, 0.29) is 34.7 Å². The van der Waals surface area contributed by atoms with Crippen molar-refractivity contribution in [3.63, 3.8) is 0 Å². The predicted molar refractivity (Wildman–Crippen MR) is 109 cm³/mol. The third kappa shape index (κ3) is 5.68. The van der Waals surface area contributed by atoms with Crippen molar-refractivity contribution in [3.05, 3.63) is 53.3 Å². The molecule has 1 saturated heterocycles. The van der Waals surface area contributed by atoms with E-state index in [9.17, 15) is 17.6 Å². The van der Waals surface area contributed by atoms with E-state index in [0.717, 1.165) is 12.8 Å². The summed E-state index contributed by atoms with van der Waals surface area (Å²) in [6.45, 7) is 1.20. The first-order valence-corrected chi connectivity index (χ1v) is 11.2. The van der Waals surface area contributed by atoms with E-state index in [1.807, 2.05) is 0 Å². The maximum absolute atomic E-state index is 13.1. The second-order valence-electron chi connectivity index (χ2n) is 6.71. The van der Waals surface area contributed by atoms with Gasteiger partial charge in [0.25, 0.3) is 0 Å². The number of anilines is 1. The lowest BCUT2D eigenvalue weighted by atomic mass is 10.2. The van der Waals surface area contributed by atoms with Crippen LogP contribution in [0.3, 0.4) is 0 Å². The average molecular weight is 441 g/mol. The Morgan fingerprint density at radius 1 is 1.17 bits per heavy atom. The van der Waals surface area contributed by atoms with Gasteiger partial charge in [-0.25, -0.2) is 12.8 Å². The van der Waals surface area contributed by atoms with Crippen LogP contribution >= 0.6 is 11.6 Å². The highest BCUT2D eigenvalue weighted by molar-refractivity contribution is 7.89. The van der Waals surface area contributed by atoms with Crippen LogP contribution in [0.2, 0.25) is 5.02 Å². The van der Waals surface area contributed by atoms with Gasteiger partial charge in [-0.05, 0) is 49.6 Å². The van der Waals surface area contributed by atoms with E-state index >= 15 is 0 Å². The summed E-state index contributed by atoms with van der Waals surface area (Å²) in [4.78, 5) is 12.2. The molecule has 0 aromatic heterocycles. The molecule has 0 unspecified atom stereocenters. The zero-order valence-corrected chi connectivity index (χ0v) is 17.3. The minimum absolute atomic E-state index is 0.00620. The second kappa shape index (κ2) is 9.56. The molecule has 6 nitrogen and oxygen atoms in total. The highest BCUT2D eigenvalue weighted by atomic mass is 35.5. The molecule has 3 rings (SSSR count). The van der Waals surface area contributed by atoms with E-state index in [1.165, 1.54) is 28.6 Å². The quantitative estimate of drug-likeness (QED) is 0.628. The minimum atomic E-state index is -3.68. The van der Waals surface area contributed by atoms with Crippen LogP contribution in [0.25, 0.3) is 0 Å². The number of halogens is 2. The van der Waals surface area contributed by atoms with Crippen LogP contribution < -0.4 is 10.1 Å². The smallest absolute Gasteiger partial charge is 0.244 e. The van der Waals surface area contributed by atoms with E-state index in [2.05, 4.69) is 5.32 Å². The second-order valence-corrected chi connectivity index (χ2v) is 9.03. The Bertz CT molecular complexity index is 978. The number of hydrogen-bond donors (Lipinski definition) is 1. The highest BCUT2D eigenvalue weighted by Crippen LogP contribution is 2.29. The molecule has 0 radical (unpaired) electrons. The molecule has 1 amide bonds. The molecule has 29 heavy (non-hydrogen) atoms. The van der Waals surface area contributed by atoms with Crippen molar-refractivity contribution in [2.24, 2.45) is 0 Å². The summed E-state index contributed by atoms with van der Waals surface area (Å²) in [6, 6.07) is 10.2. The summed E-state index contributed by atoms with van der Waals surface area (Å²) in [6.07, 6.45) is 2.25. The molecule has 1 aliphatic rings. The monoisotopic (exact) mass is 440 g/mol. The molecule has 0 atom stereocenters.